The van der Waals surface area contributed by atoms with Gasteiger partial charge < -0.3 is 20.9 Å². The number of amides is 1. The molecule has 1 aliphatic heterocycles. The highest BCUT2D eigenvalue weighted by atomic mass is 16.1. The maximum absolute atomic E-state index is 12.9. The summed E-state index contributed by atoms with van der Waals surface area (Å²) >= 11 is 0. The highest BCUT2D eigenvalue weighted by molar-refractivity contribution is 5.99. The zero-order chi connectivity index (χ0) is 25.2. The molecule has 0 spiro atoms. The number of fused-ring (bicyclic) bond motifs is 1. The summed E-state index contributed by atoms with van der Waals surface area (Å²) in [6.07, 6.45) is 4.27. The Labute approximate surface area is 208 Å². The SMILES string of the molecule is CC(C)NC(=O)c1cnc(Nc2ccc3c(c2)CN(C)CC3)nc1Nc1nccc(C(C)(C)C)n1.[HH]. The Bertz CT molecular complexity index is 1220. The van der Waals surface area contributed by atoms with Crippen molar-refractivity contribution >= 4 is 29.3 Å². The molecule has 0 aliphatic carbocycles. The van der Waals surface area contributed by atoms with Crippen LogP contribution in [0.4, 0.5) is 23.4 Å². The predicted octanol–water partition coefficient (Wildman–Crippen LogP) is 4.42. The van der Waals surface area contributed by atoms with Gasteiger partial charge in [-0.25, -0.2) is 15.0 Å². The van der Waals surface area contributed by atoms with Gasteiger partial charge in [-0.1, -0.05) is 26.8 Å². The number of hydrogen-bond acceptors (Lipinski definition) is 8. The number of rotatable bonds is 6. The predicted molar refractivity (Wildman–Crippen MR) is 141 cm³/mol. The fourth-order valence-corrected chi connectivity index (χ4v) is 3.89. The van der Waals surface area contributed by atoms with Gasteiger partial charge in [0.25, 0.3) is 5.91 Å². The smallest absolute Gasteiger partial charge is 0.256 e. The molecule has 0 fully saturated rings. The second-order valence-corrected chi connectivity index (χ2v) is 10.3. The molecule has 1 aromatic carbocycles. The van der Waals surface area contributed by atoms with E-state index >= 15 is 0 Å². The summed E-state index contributed by atoms with van der Waals surface area (Å²) in [4.78, 5) is 33.2. The van der Waals surface area contributed by atoms with Crippen molar-refractivity contribution in [2.24, 2.45) is 0 Å². The van der Waals surface area contributed by atoms with E-state index in [2.05, 4.69) is 80.7 Å². The third-order valence-corrected chi connectivity index (χ3v) is 5.77. The van der Waals surface area contributed by atoms with Crippen LogP contribution in [0, 0.1) is 0 Å². The molecule has 0 radical (unpaired) electrons. The maximum atomic E-state index is 12.9. The van der Waals surface area contributed by atoms with Crippen molar-refractivity contribution in [2.45, 2.75) is 59.0 Å². The lowest BCUT2D eigenvalue weighted by Gasteiger charge is -2.25. The summed E-state index contributed by atoms with van der Waals surface area (Å²) in [5, 5.41) is 9.33. The number of aromatic nitrogens is 4. The molecule has 1 aliphatic rings. The molecule has 4 rings (SSSR count). The van der Waals surface area contributed by atoms with Gasteiger partial charge in [-0.2, -0.15) is 4.98 Å². The zero-order valence-corrected chi connectivity index (χ0v) is 21.3. The normalized spacial score (nSPS) is 13.9. The topological polar surface area (TPSA) is 108 Å². The van der Waals surface area contributed by atoms with Gasteiger partial charge in [0.1, 0.15) is 5.56 Å². The molecule has 35 heavy (non-hydrogen) atoms. The first-order valence-electron chi connectivity index (χ1n) is 11.9. The average Bonchev–Trinajstić information content (AvgIpc) is 2.78. The molecule has 3 heterocycles. The molecule has 0 atom stereocenters. The summed E-state index contributed by atoms with van der Waals surface area (Å²) in [6, 6.07) is 8.19. The number of nitrogens with one attached hydrogen (secondary N) is 3. The van der Waals surface area contributed by atoms with Crippen LogP contribution >= 0.6 is 0 Å². The molecule has 9 nitrogen and oxygen atoms in total. The van der Waals surface area contributed by atoms with Crippen molar-refractivity contribution in [2.75, 3.05) is 24.2 Å². The van der Waals surface area contributed by atoms with Gasteiger partial charge in [-0.05, 0) is 56.6 Å². The van der Waals surface area contributed by atoms with E-state index in [1.807, 2.05) is 26.0 Å². The minimum Gasteiger partial charge on any atom is -0.350 e. The number of carbonyl (C=O) groups excluding carboxylic acids is 1. The summed E-state index contributed by atoms with van der Waals surface area (Å²) in [5.74, 6) is 0.824. The molecule has 0 unspecified atom stereocenters. The lowest BCUT2D eigenvalue weighted by Crippen LogP contribution is -2.31. The van der Waals surface area contributed by atoms with Crippen molar-refractivity contribution < 1.29 is 6.22 Å². The lowest BCUT2D eigenvalue weighted by atomic mass is 9.92. The van der Waals surface area contributed by atoms with Gasteiger partial charge in [-0.15, -0.1) is 0 Å². The third-order valence-electron chi connectivity index (χ3n) is 5.77. The van der Waals surface area contributed by atoms with Crippen LogP contribution in [0.5, 0.6) is 0 Å². The van der Waals surface area contributed by atoms with Crippen molar-refractivity contribution in [3.8, 4) is 0 Å². The molecular formula is C26H36N8O. The van der Waals surface area contributed by atoms with Gasteiger partial charge in [0.2, 0.25) is 11.9 Å². The minimum atomic E-state index is -0.266. The number of nitrogens with zero attached hydrogens (tertiary/aromatic N) is 5. The van der Waals surface area contributed by atoms with E-state index in [4.69, 9.17) is 0 Å². The molecule has 1 amide bonds. The Morgan fingerprint density at radius 2 is 1.83 bits per heavy atom. The van der Waals surface area contributed by atoms with Crippen molar-refractivity contribution in [1.82, 2.24) is 30.2 Å². The quantitative estimate of drug-likeness (QED) is 0.480. The second kappa shape index (κ2) is 9.95. The Morgan fingerprint density at radius 3 is 2.57 bits per heavy atom. The van der Waals surface area contributed by atoms with Crippen molar-refractivity contribution in [3.05, 3.63) is 59.0 Å². The molecule has 9 heteroatoms. The van der Waals surface area contributed by atoms with Crippen LogP contribution in [0.2, 0.25) is 0 Å². The van der Waals surface area contributed by atoms with E-state index in [1.54, 1.807) is 6.20 Å². The van der Waals surface area contributed by atoms with Crippen molar-refractivity contribution in [1.29, 1.82) is 0 Å². The van der Waals surface area contributed by atoms with Gasteiger partial charge in [0.15, 0.2) is 5.82 Å². The number of likely N-dealkylation sites (N-methyl/N-ethyl adjacent to an activating group) is 1. The molecule has 0 saturated carbocycles. The molecule has 186 valence electrons. The fraction of sp³-hybridized carbons (Fsp3) is 0.423. The maximum Gasteiger partial charge on any atom is 0.256 e. The van der Waals surface area contributed by atoms with Gasteiger partial charge >= 0.3 is 0 Å². The minimum absolute atomic E-state index is 0. The van der Waals surface area contributed by atoms with Crippen LogP contribution < -0.4 is 16.0 Å². The standard InChI is InChI=1S/C26H34N8O.H2/c1-16(2)29-23(35)20-14-28-25(30-19-8-7-17-10-12-34(6)15-18(17)13-19)33-22(20)32-24-27-11-9-21(31-24)26(3,4)5;/h7-9,11,13-14,16H,10,12,15H2,1-6H3,(H,29,35)(H2,27,28,30,31,32,33);1H. The average molecular weight is 477 g/mol. The monoisotopic (exact) mass is 476 g/mol. The van der Waals surface area contributed by atoms with Crippen LogP contribution in [-0.2, 0) is 18.4 Å². The van der Waals surface area contributed by atoms with E-state index in [1.165, 1.54) is 17.3 Å². The van der Waals surface area contributed by atoms with Crippen LogP contribution in [0.15, 0.2) is 36.7 Å². The Kier molecular flexibility index (Phi) is 6.98. The summed E-state index contributed by atoms with van der Waals surface area (Å²) in [5.41, 5.74) is 4.62. The second-order valence-electron chi connectivity index (χ2n) is 10.3. The molecule has 3 aromatic rings. The molecule has 3 N–H and O–H groups in total. The molecular weight excluding hydrogens is 440 g/mol. The van der Waals surface area contributed by atoms with E-state index < -0.39 is 0 Å². The van der Waals surface area contributed by atoms with Crippen LogP contribution in [0.1, 0.15) is 63.2 Å². The molecule has 0 saturated heterocycles. The van der Waals surface area contributed by atoms with Crippen LogP contribution in [0.3, 0.4) is 0 Å². The number of benzene rings is 1. The summed E-state index contributed by atoms with van der Waals surface area (Å²) in [6.45, 7) is 12.1. The third kappa shape index (κ3) is 6.10. The Morgan fingerprint density at radius 1 is 1.06 bits per heavy atom. The Hall–Kier alpha value is -3.59. The largest absolute Gasteiger partial charge is 0.350 e. The lowest BCUT2D eigenvalue weighted by molar-refractivity contribution is 0.0943. The summed E-state index contributed by atoms with van der Waals surface area (Å²) in [7, 11) is 2.13. The van der Waals surface area contributed by atoms with E-state index in [0.29, 0.717) is 23.3 Å². The van der Waals surface area contributed by atoms with Crippen LogP contribution in [-0.4, -0.2) is 50.4 Å². The first kappa shape index (κ1) is 24.5. The highest BCUT2D eigenvalue weighted by Gasteiger charge is 2.20. The van der Waals surface area contributed by atoms with Gasteiger partial charge in [-0.3, -0.25) is 4.79 Å². The molecule has 2 aromatic heterocycles. The first-order chi connectivity index (χ1) is 16.6. The van der Waals surface area contributed by atoms with Gasteiger partial charge in [0, 0.05) is 44.1 Å². The molecule has 0 bridgehead atoms. The van der Waals surface area contributed by atoms with Crippen molar-refractivity contribution in [3.63, 3.8) is 0 Å². The number of carbonyl (C=O) groups is 1. The number of anilines is 4. The zero-order valence-electron chi connectivity index (χ0n) is 21.3. The van der Waals surface area contributed by atoms with E-state index in [9.17, 15) is 4.79 Å². The van der Waals surface area contributed by atoms with E-state index in [-0.39, 0.29) is 18.8 Å². The van der Waals surface area contributed by atoms with E-state index in [0.717, 1.165) is 30.9 Å². The highest BCUT2D eigenvalue weighted by Crippen LogP contribution is 2.26. The summed E-state index contributed by atoms with van der Waals surface area (Å²) < 4.78 is 0. The van der Waals surface area contributed by atoms with Crippen LogP contribution in [0.25, 0.3) is 0 Å². The Balaban J connectivity index is 0.00000361. The van der Waals surface area contributed by atoms with Gasteiger partial charge in [0.05, 0.1) is 5.69 Å². The number of hydrogen-bond donors (Lipinski definition) is 3. The first-order valence-corrected chi connectivity index (χ1v) is 11.9. The fourth-order valence-electron chi connectivity index (χ4n) is 3.89.